The normalized spacial score (nSPS) is 13.8. The van der Waals surface area contributed by atoms with Crippen molar-refractivity contribution in [2.45, 2.75) is 12.8 Å². The van der Waals surface area contributed by atoms with Gasteiger partial charge in [0.15, 0.2) is 0 Å². The van der Waals surface area contributed by atoms with Crippen LogP contribution in [-0.4, -0.2) is 4.57 Å². The summed E-state index contributed by atoms with van der Waals surface area (Å²) >= 11 is 3.77. The Morgan fingerprint density at radius 3 is 2.00 bits per heavy atom. The summed E-state index contributed by atoms with van der Waals surface area (Å²) in [6.07, 6.45) is 4.43. The first-order valence-electron chi connectivity index (χ1n) is 9.71. The van der Waals surface area contributed by atoms with Crippen LogP contribution in [0.2, 0.25) is 0 Å². The zero-order valence-electron chi connectivity index (χ0n) is 15.3. The van der Waals surface area contributed by atoms with Crippen molar-refractivity contribution in [3.63, 3.8) is 0 Å². The van der Waals surface area contributed by atoms with Crippen molar-refractivity contribution in [2.75, 3.05) is 0 Å². The van der Waals surface area contributed by atoms with Crippen molar-refractivity contribution in [2.24, 2.45) is 0 Å². The summed E-state index contributed by atoms with van der Waals surface area (Å²) in [6, 6.07) is 28.4. The standard InChI is InChI=1S/C26H18BrN/c27-17-14-15-23-24(16-17)28(18-8-2-1-3-9-18)26-22-13-7-5-11-20(22)19-10-4-6-12-21(19)25(23)26/h1-13,16H,14-15H2. The molecule has 1 aliphatic rings. The predicted molar refractivity (Wildman–Crippen MR) is 124 cm³/mol. The fraction of sp³-hybridized carbons (Fsp3) is 0.0769. The number of fused-ring (bicyclic) bond motifs is 8. The smallest absolute Gasteiger partial charge is 0.0622 e. The van der Waals surface area contributed by atoms with Crippen LogP contribution in [0.1, 0.15) is 17.7 Å². The van der Waals surface area contributed by atoms with Crippen molar-refractivity contribution in [3.8, 4) is 5.69 Å². The van der Waals surface area contributed by atoms with Crippen LogP contribution in [0, 0.1) is 0 Å². The number of allylic oxidation sites excluding steroid dienone is 1. The van der Waals surface area contributed by atoms with E-state index in [-0.39, 0.29) is 0 Å². The highest BCUT2D eigenvalue weighted by Gasteiger charge is 2.24. The predicted octanol–water partition coefficient (Wildman–Crippen LogP) is 7.62. The lowest BCUT2D eigenvalue weighted by molar-refractivity contribution is 0.961. The first-order chi connectivity index (χ1) is 13.8. The molecule has 1 nitrogen and oxygen atoms in total. The first-order valence-corrected chi connectivity index (χ1v) is 10.5. The fourth-order valence-electron chi connectivity index (χ4n) is 4.76. The van der Waals surface area contributed by atoms with Gasteiger partial charge in [0.05, 0.1) is 11.2 Å². The summed E-state index contributed by atoms with van der Waals surface area (Å²) in [5.41, 5.74) is 5.31. The SMILES string of the molecule is BrC1=Cc2c(c3c4ccccc4c4ccccc4c3n2-c2ccccc2)CC1. The summed E-state index contributed by atoms with van der Waals surface area (Å²) in [6.45, 7) is 0. The van der Waals surface area contributed by atoms with E-state index in [2.05, 4.69) is 105 Å². The Morgan fingerprint density at radius 2 is 1.25 bits per heavy atom. The summed E-state index contributed by atoms with van der Waals surface area (Å²) in [5.74, 6) is 0. The van der Waals surface area contributed by atoms with Gasteiger partial charge in [-0.05, 0) is 57.3 Å². The lowest BCUT2D eigenvalue weighted by atomic mass is 9.93. The minimum Gasteiger partial charge on any atom is -0.309 e. The molecule has 1 aromatic heterocycles. The highest BCUT2D eigenvalue weighted by atomic mass is 79.9. The van der Waals surface area contributed by atoms with Crippen molar-refractivity contribution in [3.05, 3.63) is 94.6 Å². The van der Waals surface area contributed by atoms with Crippen LogP contribution < -0.4 is 0 Å². The van der Waals surface area contributed by atoms with Crippen LogP contribution in [-0.2, 0) is 6.42 Å². The van der Waals surface area contributed by atoms with Gasteiger partial charge in [0.2, 0.25) is 0 Å². The third-order valence-electron chi connectivity index (χ3n) is 5.90. The molecule has 0 unspecified atom stereocenters. The molecule has 5 aromatic rings. The lowest BCUT2D eigenvalue weighted by Crippen LogP contribution is -2.01. The second-order valence-electron chi connectivity index (χ2n) is 7.44. The third kappa shape index (κ3) is 2.18. The van der Waals surface area contributed by atoms with E-state index in [1.807, 2.05) is 0 Å². The van der Waals surface area contributed by atoms with E-state index in [0.29, 0.717) is 0 Å². The van der Waals surface area contributed by atoms with Gasteiger partial charge in [0.25, 0.3) is 0 Å². The van der Waals surface area contributed by atoms with Crippen LogP contribution in [0.5, 0.6) is 0 Å². The molecule has 1 heterocycles. The second kappa shape index (κ2) is 6.08. The highest BCUT2D eigenvalue weighted by Crippen LogP contribution is 2.44. The van der Waals surface area contributed by atoms with Gasteiger partial charge in [-0.25, -0.2) is 0 Å². The van der Waals surface area contributed by atoms with E-state index < -0.39 is 0 Å². The Kier molecular flexibility index (Phi) is 3.51. The summed E-state index contributed by atoms with van der Waals surface area (Å²) in [7, 11) is 0. The highest BCUT2D eigenvalue weighted by molar-refractivity contribution is 9.11. The molecule has 0 aliphatic heterocycles. The zero-order valence-corrected chi connectivity index (χ0v) is 16.9. The van der Waals surface area contributed by atoms with E-state index in [1.54, 1.807) is 0 Å². The zero-order chi connectivity index (χ0) is 18.7. The van der Waals surface area contributed by atoms with Gasteiger partial charge in [-0.2, -0.15) is 0 Å². The van der Waals surface area contributed by atoms with Crippen molar-refractivity contribution >= 4 is 54.5 Å². The van der Waals surface area contributed by atoms with Crippen LogP contribution in [0.4, 0.5) is 0 Å². The fourth-order valence-corrected chi connectivity index (χ4v) is 5.17. The van der Waals surface area contributed by atoms with Gasteiger partial charge in [0, 0.05) is 16.5 Å². The Bertz CT molecular complexity index is 1410. The monoisotopic (exact) mass is 423 g/mol. The van der Waals surface area contributed by atoms with Gasteiger partial charge in [-0.1, -0.05) is 82.7 Å². The van der Waals surface area contributed by atoms with Crippen LogP contribution in [0.15, 0.2) is 83.3 Å². The molecule has 4 aromatic carbocycles. The third-order valence-corrected chi connectivity index (χ3v) is 6.53. The number of halogens is 1. The molecule has 1 aliphatic carbocycles. The van der Waals surface area contributed by atoms with Gasteiger partial charge in [-0.3, -0.25) is 0 Å². The Hall–Kier alpha value is -2.84. The second-order valence-corrected chi connectivity index (χ2v) is 8.46. The average Bonchev–Trinajstić information content (AvgIpc) is 3.09. The lowest BCUT2D eigenvalue weighted by Gasteiger charge is -2.14. The Morgan fingerprint density at radius 1 is 0.643 bits per heavy atom. The largest absolute Gasteiger partial charge is 0.309 e. The van der Waals surface area contributed by atoms with E-state index in [9.17, 15) is 0 Å². The van der Waals surface area contributed by atoms with Crippen LogP contribution in [0.25, 0.3) is 44.2 Å². The molecule has 2 heteroatoms. The molecule has 6 rings (SSSR count). The molecule has 0 bridgehead atoms. The molecule has 0 spiro atoms. The summed E-state index contributed by atoms with van der Waals surface area (Å²) in [4.78, 5) is 0. The Balaban J connectivity index is 1.95. The quantitative estimate of drug-likeness (QED) is 0.244. The molecule has 0 N–H and O–H groups in total. The number of para-hydroxylation sites is 1. The van der Waals surface area contributed by atoms with Crippen molar-refractivity contribution in [1.82, 2.24) is 4.57 Å². The topological polar surface area (TPSA) is 4.93 Å². The maximum absolute atomic E-state index is 3.77. The number of hydrogen-bond acceptors (Lipinski definition) is 0. The van der Waals surface area contributed by atoms with Gasteiger partial charge in [0.1, 0.15) is 0 Å². The van der Waals surface area contributed by atoms with Crippen molar-refractivity contribution < 1.29 is 0 Å². The maximum atomic E-state index is 3.77. The van der Waals surface area contributed by atoms with Gasteiger partial charge >= 0.3 is 0 Å². The number of hydrogen-bond donors (Lipinski definition) is 0. The van der Waals surface area contributed by atoms with E-state index in [1.165, 1.54) is 53.9 Å². The van der Waals surface area contributed by atoms with Crippen molar-refractivity contribution in [1.29, 1.82) is 0 Å². The van der Waals surface area contributed by atoms with Gasteiger partial charge < -0.3 is 4.57 Å². The molecule has 28 heavy (non-hydrogen) atoms. The molecule has 0 saturated heterocycles. The number of aromatic nitrogens is 1. The number of aryl methyl sites for hydroxylation is 1. The number of rotatable bonds is 1. The molecular formula is C26H18BrN. The molecule has 0 saturated carbocycles. The van der Waals surface area contributed by atoms with E-state index in [0.717, 1.165) is 12.8 Å². The maximum Gasteiger partial charge on any atom is 0.0622 e. The molecule has 0 radical (unpaired) electrons. The van der Waals surface area contributed by atoms with E-state index in [4.69, 9.17) is 0 Å². The van der Waals surface area contributed by atoms with Crippen LogP contribution >= 0.6 is 15.9 Å². The number of benzene rings is 4. The minimum atomic E-state index is 1.06. The van der Waals surface area contributed by atoms with Crippen LogP contribution in [0.3, 0.4) is 0 Å². The summed E-state index contributed by atoms with van der Waals surface area (Å²) < 4.78 is 3.73. The van der Waals surface area contributed by atoms with Gasteiger partial charge in [-0.15, -0.1) is 0 Å². The molecule has 134 valence electrons. The number of nitrogens with zero attached hydrogens (tertiary/aromatic N) is 1. The minimum absolute atomic E-state index is 1.06. The molecule has 0 fully saturated rings. The molecule has 0 amide bonds. The Labute approximate surface area is 172 Å². The first kappa shape index (κ1) is 16.1. The molecular weight excluding hydrogens is 406 g/mol. The average molecular weight is 424 g/mol. The van der Waals surface area contributed by atoms with E-state index >= 15 is 0 Å². The summed E-state index contributed by atoms with van der Waals surface area (Å²) in [5, 5.41) is 6.74. The molecule has 0 atom stereocenters.